The van der Waals surface area contributed by atoms with Gasteiger partial charge in [0.2, 0.25) is 0 Å². The molecule has 0 radical (unpaired) electrons. The van der Waals surface area contributed by atoms with Crippen molar-refractivity contribution in [3.8, 4) is 11.5 Å². The van der Waals surface area contributed by atoms with Gasteiger partial charge in [0.15, 0.2) is 12.4 Å². The molecule has 4 rings (SSSR count). The molecule has 0 saturated heterocycles. The van der Waals surface area contributed by atoms with E-state index in [1.807, 2.05) is 81.4 Å². The number of hydrogen-bond acceptors (Lipinski definition) is 6. The standard InChI is InChI=1S/C24H25N5O3/c1-4-31-21-12-10-19(11-13-21)28(23(30)16-32-20-8-6-5-7-9-20)15-22-26-24-25-17(2)14-18(3)29(24)27-22/h5-14H,4,15-16H2,1-3H3. The summed E-state index contributed by atoms with van der Waals surface area (Å²) in [5, 5.41) is 4.55. The molecule has 164 valence electrons. The van der Waals surface area contributed by atoms with E-state index in [9.17, 15) is 4.79 Å². The van der Waals surface area contributed by atoms with Crippen LogP contribution >= 0.6 is 0 Å². The van der Waals surface area contributed by atoms with E-state index in [2.05, 4.69) is 15.1 Å². The summed E-state index contributed by atoms with van der Waals surface area (Å²) >= 11 is 0. The molecule has 0 spiro atoms. The van der Waals surface area contributed by atoms with Crippen LogP contribution in [-0.2, 0) is 11.3 Å². The Bertz CT molecular complexity index is 1210. The number of nitrogens with zero attached hydrogens (tertiary/aromatic N) is 5. The van der Waals surface area contributed by atoms with Crippen molar-refractivity contribution >= 4 is 17.4 Å². The van der Waals surface area contributed by atoms with Gasteiger partial charge in [0.1, 0.15) is 11.5 Å². The second-order valence-electron chi connectivity index (χ2n) is 7.29. The molecule has 0 N–H and O–H groups in total. The minimum atomic E-state index is -0.210. The number of aryl methyl sites for hydroxylation is 2. The lowest BCUT2D eigenvalue weighted by molar-refractivity contribution is -0.120. The van der Waals surface area contributed by atoms with E-state index in [0.717, 1.165) is 17.1 Å². The van der Waals surface area contributed by atoms with Crippen molar-refractivity contribution in [2.75, 3.05) is 18.1 Å². The first-order chi connectivity index (χ1) is 15.5. The second kappa shape index (κ2) is 9.47. The summed E-state index contributed by atoms with van der Waals surface area (Å²) in [4.78, 5) is 23.7. The van der Waals surface area contributed by atoms with Gasteiger partial charge in [0, 0.05) is 17.1 Å². The van der Waals surface area contributed by atoms with E-state index >= 15 is 0 Å². The maximum absolute atomic E-state index is 13.2. The number of carbonyl (C=O) groups is 1. The van der Waals surface area contributed by atoms with Crippen molar-refractivity contribution in [2.24, 2.45) is 0 Å². The van der Waals surface area contributed by atoms with E-state index in [0.29, 0.717) is 29.6 Å². The summed E-state index contributed by atoms with van der Waals surface area (Å²) < 4.78 is 12.9. The molecular formula is C24H25N5O3. The minimum Gasteiger partial charge on any atom is -0.494 e. The van der Waals surface area contributed by atoms with Crippen molar-refractivity contribution in [1.82, 2.24) is 19.6 Å². The first-order valence-electron chi connectivity index (χ1n) is 10.4. The first-order valence-corrected chi connectivity index (χ1v) is 10.4. The van der Waals surface area contributed by atoms with E-state index in [-0.39, 0.29) is 19.1 Å². The fourth-order valence-electron chi connectivity index (χ4n) is 3.37. The summed E-state index contributed by atoms with van der Waals surface area (Å²) in [5.41, 5.74) is 2.50. The maximum Gasteiger partial charge on any atom is 0.265 e. The Hall–Kier alpha value is -3.94. The molecule has 0 unspecified atom stereocenters. The van der Waals surface area contributed by atoms with E-state index in [1.165, 1.54) is 0 Å². The average molecular weight is 431 g/mol. The van der Waals surface area contributed by atoms with Gasteiger partial charge >= 0.3 is 0 Å². The molecule has 4 aromatic rings. The van der Waals surface area contributed by atoms with Crippen LogP contribution in [0, 0.1) is 13.8 Å². The normalized spacial score (nSPS) is 10.8. The van der Waals surface area contributed by atoms with Gasteiger partial charge in [0.25, 0.3) is 11.7 Å². The van der Waals surface area contributed by atoms with Crippen molar-refractivity contribution in [3.63, 3.8) is 0 Å². The van der Waals surface area contributed by atoms with Gasteiger partial charge in [-0.05, 0) is 63.2 Å². The Kier molecular flexibility index (Phi) is 6.30. The molecule has 0 bridgehead atoms. The van der Waals surface area contributed by atoms with Crippen LogP contribution in [0.3, 0.4) is 0 Å². The average Bonchev–Trinajstić information content (AvgIpc) is 3.20. The minimum absolute atomic E-state index is 0.110. The lowest BCUT2D eigenvalue weighted by Crippen LogP contribution is -2.35. The lowest BCUT2D eigenvalue weighted by atomic mass is 10.2. The zero-order valence-corrected chi connectivity index (χ0v) is 18.4. The van der Waals surface area contributed by atoms with Gasteiger partial charge in [-0.25, -0.2) is 9.50 Å². The largest absolute Gasteiger partial charge is 0.494 e. The first kappa shape index (κ1) is 21.3. The van der Waals surface area contributed by atoms with Gasteiger partial charge in [-0.1, -0.05) is 18.2 Å². The van der Waals surface area contributed by atoms with Gasteiger partial charge in [-0.3, -0.25) is 4.79 Å². The van der Waals surface area contributed by atoms with Crippen molar-refractivity contribution in [3.05, 3.63) is 77.9 Å². The highest BCUT2D eigenvalue weighted by Crippen LogP contribution is 2.22. The van der Waals surface area contributed by atoms with Gasteiger partial charge in [-0.2, -0.15) is 4.98 Å². The highest BCUT2D eigenvalue weighted by Gasteiger charge is 2.20. The summed E-state index contributed by atoms with van der Waals surface area (Å²) in [6.07, 6.45) is 0. The number of amides is 1. The number of fused-ring (bicyclic) bond motifs is 1. The summed E-state index contributed by atoms with van der Waals surface area (Å²) in [6, 6.07) is 18.5. The number of anilines is 1. The molecule has 8 heteroatoms. The molecule has 2 heterocycles. The Morgan fingerprint density at radius 3 is 2.41 bits per heavy atom. The Morgan fingerprint density at radius 2 is 1.69 bits per heavy atom. The predicted octanol–water partition coefficient (Wildman–Crippen LogP) is 3.75. The second-order valence-corrected chi connectivity index (χ2v) is 7.29. The topological polar surface area (TPSA) is 81.9 Å². The molecule has 32 heavy (non-hydrogen) atoms. The van der Waals surface area contributed by atoms with Crippen LogP contribution in [0.1, 0.15) is 24.1 Å². The highest BCUT2D eigenvalue weighted by molar-refractivity contribution is 5.94. The quantitative estimate of drug-likeness (QED) is 0.423. The molecule has 0 atom stereocenters. The van der Waals surface area contributed by atoms with Crippen LogP contribution in [0.5, 0.6) is 11.5 Å². The number of ether oxygens (including phenoxy) is 2. The molecule has 0 saturated carbocycles. The van der Waals surface area contributed by atoms with E-state index in [4.69, 9.17) is 9.47 Å². The van der Waals surface area contributed by atoms with Crippen molar-refractivity contribution in [2.45, 2.75) is 27.3 Å². The molecule has 8 nitrogen and oxygen atoms in total. The Balaban J connectivity index is 1.60. The van der Waals surface area contributed by atoms with Crippen LogP contribution in [-0.4, -0.2) is 38.7 Å². The van der Waals surface area contributed by atoms with Gasteiger partial charge < -0.3 is 14.4 Å². The third kappa shape index (κ3) is 4.85. The summed E-state index contributed by atoms with van der Waals surface area (Å²) in [6.45, 7) is 6.44. The Morgan fingerprint density at radius 1 is 0.969 bits per heavy atom. The van der Waals surface area contributed by atoms with Gasteiger partial charge in [0.05, 0.1) is 13.2 Å². The third-order valence-electron chi connectivity index (χ3n) is 4.83. The fraction of sp³-hybridized carbons (Fsp3) is 0.250. The lowest BCUT2D eigenvalue weighted by Gasteiger charge is -2.22. The number of rotatable bonds is 8. The van der Waals surface area contributed by atoms with E-state index < -0.39 is 0 Å². The predicted molar refractivity (Wildman–Crippen MR) is 121 cm³/mol. The molecule has 0 aliphatic heterocycles. The van der Waals surface area contributed by atoms with Crippen molar-refractivity contribution < 1.29 is 14.3 Å². The molecule has 2 aromatic carbocycles. The van der Waals surface area contributed by atoms with Crippen LogP contribution in [0.15, 0.2) is 60.7 Å². The third-order valence-corrected chi connectivity index (χ3v) is 4.83. The molecule has 0 aliphatic rings. The molecule has 2 aromatic heterocycles. The summed E-state index contributed by atoms with van der Waals surface area (Å²) in [5.74, 6) is 2.17. The number of benzene rings is 2. The summed E-state index contributed by atoms with van der Waals surface area (Å²) in [7, 11) is 0. The monoisotopic (exact) mass is 431 g/mol. The van der Waals surface area contributed by atoms with E-state index in [1.54, 1.807) is 9.42 Å². The van der Waals surface area contributed by atoms with Crippen LogP contribution < -0.4 is 14.4 Å². The number of carbonyl (C=O) groups excluding carboxylic acids is 1. The Labute approximate surface area is 186 Å². The number of hydrogen-bond donors (Lipinski definition) is 0. The zero-order chi connectivity index (χ0) is 22.5. The molecule has 0 fully saturated rings. The highest BCUT2D eigenvalue weighted by atomic mass is 16.5. The molecule has 0 aliphatic carbocycles. The van der Waals surface area contributed by atoms with Crippen LogP contribution in [0.2, 0.25) is 0 Å². The fourth-order valence-corrected chi connectivity index (χ4v) is 3.37. The van der Waals surface area contributed by atoms with Crippen molar-refractivity contribution in [1.29, 1.82) is 0 Å². The van der Waals surface area contributed by atoms with Gasteiger partial charge in [-0.15, -0.1) is 5.10 Å². The van der Waals surface area contributed by atoms with Crippen LogP contribution in [0.4, 0.5) is 5.69 Å². The number of para-hydroxylation sites is 1. The SMILES string of the molecule is CCOc1ccc(N(Cc2nc3nc(C)cc(C)n3n2)C(=O)COc2ccccc2)cc1. The molecular weight excluding hydrogens is 406 g/mol. The van der Waals surface area contributed by atoms with Crippen LogP contribution in [0.25, 0.3) is 5.78 Å². The number of aromatic nitrogens is 4. The molecule has 1 amide bonds. The maximum atomic E-state index is 13.2. The smallest absolute Gasteiger partial charge is 0.265 e. The zero-order valence-electron chi connectivity index (χ0n) is 18.4.